The van der Waals surface area contributed by atoms with Gasteiger partial charge in [0, 0.05) is 38.2 Å². The van der Waals surface area contributed by atoms with Crippen LogP contribution in [-0.4, -0.2) is 48.3 Å². The molecule has 9 heteroatoms. The number of fused-ring (bicyclic) bond motifs is 1. The third-order valence-electron chi connectivity index (χ3n) is 5.42. The number of carbonyl (C=O) groups excluding carboxylic acids is 2. The van der Waals surface area contributed by atoms with Gasteiger partial charge in [-0.25, -0.2) is 4.79 Å². The first-order valence-electron chi connectivity index (χ1n) is 11.1. The van der Waals surface area contributed by atoms with Crippen LogP contribution in [0.25, 0.3) is 11.8 Å². The number of likely N-dealkylation sites (N-methyl/N-ethyl adjacent to an activating group) is 1. The number of aryl methyl sites for hydroxylation is 1. The van der Waals surface area contributed by atoms with Crippen LogP contribution >= 0.6 is 23.5 Å². The maximum atomic E-state index is 12.8. The summed E-state index contributed by atoms with van der Waals surface area (Å²) in [5, 5.41) is 0.911. The van der Waals surface area contributed by atoms with Gasteiger partial charge in [-0.3, -0.25) is 4.79 Å². The lowest BCUT2D eigenvalue weighted by atomic mass is 10.2. The molecular weight excluding hydrogens is 480 g/mol. The molecule has 1 aliphatic rings. The van der Waals surface area contributed by atoms with Crippen LogP contribution in [-0.2, 0) is 9.53 Å². The molecule has 1 aliphatic heterocycles. The molecule has 3 aromatic rings. The summed E-state index contributed by atoms with van der Waals surface area (Å²) >= 11 is 2.55. The molecular formula is C26H27N4O3S2+. The Kier molecular flexibility index (Phi) is 7.47. The van der Waals surface area contributed by atoms with E-state index in [1.165, 1.54) is 9.80 Å². The van der Waals surface area contributed by atoms with Crippen molar-refractivity contribution in [3.05, 3.63) is 77.1 Å². The largest absolute Gasteiger partial charge is 0.444 e. The third-order valence-corrected chi connectivity index (χ3v) is 7.30. The van der Waals surface area contributed by atoms with E-state index in [2.05, 4.69) is 17.0 Å². The van der Waals surface area contributed by atoms with Gasteiger partial charge in [-0.15, -0.1) is 0 Å². The minimum absolute atomic E-state index is 0.279. The van der Waals surface area contributed by atoms with Crippen molar-refractivity contribution in [3.8, 4) is 5.69 Å². The van der Waals surface area contributed by atoms with E-state index >= 15 is 0 Å². The van der Waals surface area contributed by atoms with E-state index in [1.54, 1.807) is 32.8 Å². The fourth-order valence-electron chi connectivity index (χ4n) is 3.69. The van der Waals surface area contributed by atoms with Crippen molar-refractivity contribution >= 4 is 46.5 Å². The lowest BCUT2D eigenvalue weighted by molar-refractivity contribution is -0.647. The van der Waals surface area contributed by atoms with Crippen LogP contribution in [0.3, 0.4) is 0 Å². The molecule has 0 spiro atoms. The van der Waals surface area contributed by atoms with Crippen LogP contribution < -0.4 is 9.47 Å². The predicted molar refractivity (Wildman–Crippen MR) is 140 cm³/mol. The lowest BCUT2D eigenvalue weighted by Gasteiger charge is -2.16. The molecule has 0 bridgehead atoms. The van der Waals surface area contributed by atoms with Gasteiger partial charge >= 0.3 is 10.5 Å². The van der Waals surface area contributed by atoms with Gasteiger partial charge in [-0.05, 0) is 43.1 Å². The second kappa shape index (κ2) is 10.5. The summed E-state index contributed by atoms with van der Waals surface area (Å²) in [5.41, 5.74) is 3.66. The zero-order chi connectivity index (χ0) is 25.1. The second-order valence-corrected chi connectivity index (χ2v) is 10.2. The monoisotopic (exact) mass is 507 g/mol. The van der Waals surface area contributed by atoms with Crippen molar-refractivity contribution in [2.24, 2.45) is 0 Å². The van der Waals surface area contributed by atoms with E-state index < -0.39 is 11.4 Å². The minimum atomic E-state index is -0.886. The Labute approximate surface area is 213 Å². The fraction of sp³-hybridized carbons (Fsp3) is 0.231. The highest BCUT2D eigenvalue weighted by Crippen LogP contribution is 2.45. The Morgan fingerprint density at radius 2 is 1.83 bits per heavy atom. The number of thioether (sulfide) groups is 2. The fourth-order valence-corrected chi connectivity index (χ4v) is 5.62. The number of para-hydroxylation sites is 2. The van der Waals surface area contributed by atoms with E-state index in [1.807, 2.05) is 73.1 Å². The Morgan fingerprint density at radius 1 is 1.14 bits per heavy atom. The van der Waals surface area contributed by atoms with Crippen LogP contribution in [0.2, 0.25) is 0 Å². The highest BCUT2D eigenvalue weighted by Gasteiger charge is 2.28. The van der Waals surface area contributed by atoms with Crippen molar-refractivity contribution in [2.45, 2.75) is 30.0 Å². The number of benzene rings is 2. The van der Waals surface area contributed by atoms with Crippen LogP contribution in [0.4, 0.5) is 10.5 Å². The average molecular weight is 508 g/mol. The van der Waals surface area contributed by atoms with E-state index in [4.69, 9.17) is 9.72 Å². The van der Waals surface area contributed by atoms with Gasteiger partial charge in [0.25, 0.3) is 5.91 Å². The van der Waals surface area contributed by atoms with Crippen LogP contribution in [0.1, 0.15) is 18.3 Å². The topological polar surface area (TPSA) is 66.6 Å². The number of hydrogen-bond donors (Lipinski definition) is 0. The number of aromatic nitrogens is 2. The molecule has 35 heavy (non-hydrogen) atoms. The highest BCUT2D eigenvalue weighted by molar-refractivity contribution is 8.13. The zero-order valence-electron chi connectivity index (χ0n) is 20.3. The van der Waals surface area contributed by atoms with Crippen molar-refractivity contribution in [2.75, 3.05) is 26.0 Å². The molecule has 180 valence electrons. The number of ether oxygens (including phenoxy) is 1. The quantitative estimate of drug-likeness (QED) is 0.210. The molecule has 1 atom stereocenters. The van der Waals surface area contributed by atoms with Gasteiger partial charge < -0.3 is 14.5 Å². The van der Waals surface area contributed by atoms with Gasteiger partial charge in [0.1, 0.15) is 11.4 Å². The first-order chi connectivity index (χ1) is 16.7. The number of hydrogen-bond acceptors (Lipinski definition) is 7. The molecule has 0 N–H and O–H groups in total. The number of nitrogens with zero attached hydrogens (tertiary/aromatic N) is 4. The molecule has 1 aromatic heterocycles. The van der Waals surface area contributed by atoms with E-state index in [0.717, 1.165) is 39.6 Å². The summed E-state index contributed by atoms with van der Waals surface area (Å²) in [5.74, 6) is -0.279. The molecule has 0 saturated heterocycles. The Hall–Kier alpha value is -3.30. The summed E-state index contributed by atoms with van der Waals surface area (Å²) < 4.78 is 7.30. The Morgan fingerprint density at radius 3 is 2.51 bits per heavy atom. The Bertz CT molecular complexity index is 1300. The van der Waals surface area contributed by atoms with Crippen LogP contribution in [0, 0.1) is 6.92 Å². The molecule has 2 aromatic carbocycles. The summed E-state index contributed by atoms with van der Waals surface area (Å²) in [6.07, 6.45) is 1.13. The zero-order valence-corrected chi connectivity index (χ0v) is 21.9. The lowest BCUT2D eigenvalue weighted by Crippen LogP contribution is -2.39. The Balaban J connectivity index is 1.68. The summed E-state index contributed by atoms with van der Waals surface area (Å²) in [7, 11) is 5.28. The normalized spacial score (nSPS) is 14.5. The second-order valence-electron chi connectivity index (χ2n) is 8.23. The van der Waals surface area contributed by atoms with Gasteiger partial charge in [0.2, 0.25) is 0 Å². The predicted octanol–water partition coefficient (Wildman–Crippen LogP) is 4.91. The van der Waals surface area contributed by atoms with Gasteiger partial charge in [0.05, 0.1) is 22.5 Å². The molecule has 0 fully saturated rings. The van der Waals surface area contributed by atoms with Crippen LogP contribution in [0.15, 0.2) is 75.7 Å². The molecule has 0 aliphatic carbocycles. The number of anilines is 1. The molecule has 2 heterocycles. The number of carbonyl (C=O) groups is 2. The van der Waals surface area contributed by atoms with Crippen molar-refractivity contribution in [1.29, 1.82) is 0 Å². The third kappa shape index (κ3) is 5.52. The van der Waals surface area contributed by atoms with Crippen LogP contribution in [0.5, 0.6) is 0 Å². The molecule has 4 rings (SSSR count). The average Bonchev–Trinajstić information content (AvgIpc) is 3.14. The maximum Gasteiger partial charge on any atom is 0.380 e. The van der Waals surface area contributed by atoms with Crippen molar-refractivity contribution in [1.82, 2.24) is 9.88 Å². The number of rotatable bonds is 5. The van der Waals surface area contributed by atoms with Crippen molar-refractivity contribution < 1.29 is 18.9 Å². The van der Waals surface area contributed by atoms with E-state index in [9.17, 15) is 9.59 Å². The van der Waals surface area contributed by atoms with Gasteiger partial charge in [-0.1, -0.05) is 42.1 Å². The van der Waals surface area contributed by atoms with Gasteiger partial charge in [0.15, 0.2) is 11.8 Å². The first kappa shape index (κ1) is 24.8. The molecule has 0 radical (unpaired) electrons. The molecule has 7 nitrogen and oxygen atoms in total. The SMILES string of the molecule is Cc1cc(/C=C2\Sc3ccccc3N2C)nc(SC(=O)OC(C)C(=O)N(C)C)[n+]1-c1ccccc1. The summed E-state index contributed by atoms with van der Waals surface area (Å²) in [6, 6.07) is 19.9. The highest BCUT2D eigenvalue weighted by atomic mass is 32.2. The smallest absolute Gasteiger partial charge is 0.380 e. The van der Waals surface area contributed by atoms with E-state index in [-0.39, 0.29) is 5.91 Å². The molecule has 1 unspecified atom stereocenters. The van der Waals surface area contributed by atoms with Crippen molar-refractivity contribution in [3.63, 3.8) is 0 Å². The van der Waals surface area contributed by atoms with E-state index in [0.29, 0.717) is 5.16 Å². The first-order valence-corrected chi connectivity index (χ1v) is 12.7. The molecule has 0 saturated carbocycles. The summed E-state index contributed by atoms with van der Waals surface area (Å²) in [6.45, 7) is 3.54. The number of amides is 1. The standard InChI is InChI=1S/C26H27N4O3S2/c1-17-15-19(16-23-29(5)21-13-9-10-14-22(21)34-23)27-25(30(17)20-11-7-6-8-12-20)35-26(32)33-18(2)24(31)28(3)4/h6-16,18H,1-5H3/q+1. The maximum absolute atomic E-state index is 12.8. The molecule has 1 amide bonds. The van der Waals surface area contributed by atoms with Gasteiger partial charge in [-0.2, -0.15) is 4.57 Å². The summed E-state index contributed by atoms with van der Waals surface area (Å²) in [4.78, 5) is 34.5. The minimum Gasteiger partial charge on any atom is -0.444 e.